The summed E-state index contributed by atoms with van der Waals surface area (Å²) in [4.78, 5) is 11.7. The van der Waals surface area contributed by atoms with E-state index in [1.54, 1.807) is 6.92 Å². The first-order chi connectivity index (χ1) is 10.1. The highest BCUT2D eigenvalue weighted by Gasteiger charge is 2.34. The maximum Gasteiger partial charge on any atom is 0.330 e. The number of allylic oxidation sites excluding steroid dienone is 2. The van der Waals surface area contributed by atoms with Gasteiger partial charge in [-0.2, -0.15) is 0 Å². The molecule has 0 amide bonds. The zero-order valence-corrected chi connectivity index (χ0v) is 13.6. The average Bonchev–Trinajstić information content (AvgIpc) is 2.89. The summed E-state index contributed by atoms with van der Waals surface area (Å²) in [6.07, 6.45) is 14.7. The SMILES string of the molecule is CCCCC/C=C/C/C(=C/C(=O)OCC)C1(O)CCCC1. The van der Waals surface area contributed by atoms with Crippen LogP contribution >= 0.6 is 0 Å². The summed E-state index contributed by atoms with van der Waals surface area (Å²) in [5.74, 6) is -0.341. The minimum atomic E-state index is -0.805. The van der Waals surface area contributed by atoms with Crippen molar-refractivity contribution in [2.75, 3.05) is 6.61 Å². The lowest BCUT2D eigenvalue weighted by Crippen LogP contribution is -2.27. The van der Waals surface area contributed by atoms with Crippen molar-refractivity contribution in [3.8, 4) is 0 Å². The van der Waals surface area contributed by atoms with E-state index in [1.807, 2.05) is 0 Å². The minimum absolute atomic E-state index is 0.341. The molecule has 1 saturated carbocycles. The van der Waals surface area contributed by atoms with E-state index >= 15 is 0 Å². The molecular weight excluding hydrogens is 264 g/mol. The van der Waals surface area contributed by atoms with Crippen molar-refractivity contribution in [2.45, 2.75) is 77.2 Å². The Morgan fingerprint density at radius 2 is 1.90 bits per heavy atom. The van der Waals surface area contributed by atoms with Crippen LogP contribution in [0.3, 0.4) is 0 Å². The third-order valence-electron chi connectivity index (χ3n) is 4.09. The van der Waals surface area contributed by atoms with Crippen LogP contribution in [0.2, 0.25) is 0 Å². The van der Waals surface area contributed by atoms with E-state index in [0.717, 1.165) is 37.7 Å². The highest BCUT2D eigenvalue weighted by atomic mass is 16.5. The number of hydrogen-bond donors (Lipinski definition) is 1. The van der Waals surface area contributed by atoms with Gasteiger partial charge in [-0.3, -0.25) is 0 Å². The van der Waals surface area contributed by atoms with Crippen LogP contribution in [0.25, 0.3) is 0 Å². The standard InChI is InChI=1S/C18H30O3/c1-3-5-6-7-8-9-12-16(15-17(19)21-4-2)18(20)13-10-11-14-18/h8-9,15,20H,3-7,10-14H2,1-2H3/b9-8+,16-15-. The summed E-state index contributed by atoms with van der Waals surface area (Å²) >= 11 is 0. The van der Waals surface area contributed by atoms with Crippen LogP contribution in [0.1, 0.15) is 71.6 Å². The van der Waals surface area contributed by atoms with Gasteiger partial charge in [0.1, 0.15) is 0 Å². The Hall–Kier alpha value is -1.09. The molecular formula is C18H30O3. The van der Waals surface area contributed by atoms with E-state index in [-0.39, 0.29) is 5.97 Å². The summed E-state index contributed by atoms with van der Waals surface area (Å²) in [6.45, 7) is 4.36. The van der Waals surface area contributed by atoms with Gasteiger partial charge in [0.15, 0.2) is 0 Å². The molecule has 1 fully saturated rings. The zero-order chi connectivity index (χ0) is 15.6. The molecule has 0 aromatic heterocycles. The van der Waals surface area contributed by atoms with Gasteiger partial charge in [-0.25, -0.2) is 4.79 Å². The van der Waals surface area contributed by atoms with E-state index in [2.05, 4.69) is 19.1 Å². The van der Waals surface area contributed by atoms with Gasteiger partial charge in [0.05, 0.1) is 12.2 Å². The first kappa shape index (κ1) is 18.0. The molecule has 1 aliphatic rings. The Morgan fingerprint density at radius 1 is 1.19 bits per heavy atom. The Kier molecular flexibility index (Phi) is 8.36. The molecule has 0 radical (unpaired) electrons. The normalized spacial score (nSPS) is 18.3. The molecule has 120 valence electrons. The highest BCUT2D eigenvalue weighted by Crippen LogP contribution is 2.37. The molecule has 3 nitrogen and oxygen atoms in total. The van der Waals surface area contributed by atoms with E-state index in [4.69, 9.17) is 4.74 Å². The average molecular weight is 294 g/mol. The number of aliphatic hydroxyl groups is 1. The number of carbonyl (C=O) groups excluding carboxylic acids is 1. The van der Waals surface area contributed by atoms with Crippen molar-refractivity contribution >= 4 is 5.97 Å². The van der Waals surface area contributed by atoms with Crippen LogP contribution in [-0.2, 0) is 9.53 Å². The molecule has 0 aliphatic heterocycles. The van der Waals surface area contributed by atoms with Gasteiger partial charge in [0, 0.05) is 6.08 Å². The molecule has 0 bridgehead atoms. The van der Waals surface area contributed by atoms with Gasteiger partial charge in [-0.1, -0.05) is 44.8 Å². The van der Waals surface area contributed by atoms with Crippen LogP contribution in [-0.4, -0.2) is 23.3 Å². The van der Waals surface area contributed by atoms with Crippen molar-refractivity contribution in [1.29, 1.82) is 0 Å². The molecule has 21 heavy (non-hydrogen) atoms. The van der Waals surface area contributed by atoms with E-state index in [1.165, 1.54) is 25.3 Å². The smallest absolute Gasteiger partial charge is 0.330 e. The quantitative estimate of drug-likeness (QED) is 0.298. The number of hydrogen-bond acceptors (Lipinski definition) is 3. The number of unbranched alkanes of at least 4 members (excludes halogenated alkanes) is 3. The first-order valence-corrected chi connectivity index (χ1v) is 8.37. The molecule has 3 heteroatoms. The second-order valence-corrected chi connectivity index (χ2v) is 5.83. The van der Waals surface area contributed by atoms with Crippen LogP contribution in [0.5, 0.6) is 0 Å². The summed E-state index contributed by atoms with van der Waals surface area (Å²) < 4.78 is 4.99. The summed E-state index contributed by atoms with van der Waals surface area (Å²) in [6, 6.07) is 0. The molecule has 0 aromatic rings. The molecule has 1 rings (SSSR count). The molecule has 0 aromatic carbocycles. The van der Waals surface area contributed by atoms with Crippen LogP contribution < -0.4 is 0 Å². The maximum atomic E-state index is 11.7. The fourth-order valence-electron chi connectivity index (χ4n) is 2.83. The van der Waals surface area contributed by atoms with Crippen molar-refractivity contribution in [1.82, 2.24) is 0 Å². The van der Waals surface area contributed by atoms with Crippen molar-refractivity contribution in [3.63, 3.8) is 0 Å². The number of rotatable bonds is 9. The molecule has 1 aliphatic carbocycles. The minimum Gasteiger partial charge on any atom is -0.463 e. The summed E-state index contributed by atoms with van der Waals surface area (Å²) in [7, 11) is 0. The van der Waals surface area contributed by atoms with Gasteiger partial charge in [0.2, 0.25) is 0 Å². The maximum absolute atomic E-state index is 11.7. The van der Waals surface area contributed by atoms with E-state index in [0.29, 0.717) is 13.0 Å². The Balaban J connectivity index is 2.62. The predicted octanol–water partition coefficient (Wildman–Crippen LogP) is 4.31. The van der Waals surface area contributed by atoms with Crippen LogP contribution in [0.4, 0.5) is 0 Å². The topological polar surface area (TPSA) is 46.5 Å². The van der Waals surface area contributed by atoms with E-state index < -0.39 is 5.60 Å². The second-order valence-electron chi connectivity index (χ2n) is 5.83. The molecule has 1 N–H and O–H groups in total. The summed E-state index contributed by atoms with van der Waals surface area (Å²) in [5, 5.41) is 10.7. The molecule has 0 unspecified atom stereocenters. The summed E-state index contributed by atoms with van der Waals surface area (Å²) in [5.41, 5.74) is 0.00532. The van der Waals surface area contributed by atoms with Crippen LogP contribution in [0.15, 0.2) is 23.8 Å². The lowest BCUT2D eigenvalue weighted by Gasteiger charge is -2.25. The van der Waals surface area contributed by atoms with Gasteiger partial charge in [-0.05, 0) is 44.6 Å². The highest BCUT2D eigenvalue weighted by molar-refractivity contribution is 5.83. The van der Waals surface area contributed by atoms with Crippen molar-refractivity contribution < 1.29 is 14.6 Å². The Morgan fingerprint density at radius 3 is 2.52 bits per heavy atom. The fraction of sp³-hybridized carbons (Fsp3) is 0.722. The van der Waals surface area contributed by atoms with Crippen molar-refractivity contribution in [3.05, 3.63) is 23.8 Å². The molecule has 0 atom stereocenters. The molecule has 0 heterocycles. The van der Waals surface area contributed by atoms with Crippen LogP contribution in [0, 0.1) is 0 Å². The Labute approximate surface area is 129 Å². The molecule has 0 saturated heterocycles. The first-order valence-electron chi connectivity index (χ1n) is 8.37. The lowest BCUT2D eigenvalue weighted by atomic mass is 9.89. The predicted molar refractivity (Wildman–Crippen MR) is 86.0 cm³/mol. The number of ether oxygens (including phenoxy) is 1. The molecule has 0 spiro atoms. The Bertz CT molecular complexity index is 363. The number of esters is 1. The van der Waals surface area contributed by atoms with Crippen molar-refractivity contribution in [2.24, 2.45) is 0 Å². The third kappa shape index (κ3) is 6.47. The number of carbonyl (C=O) groups is 1. The van der Waals surface area contributed by atoms with Gasteiger partial charge >= 0.3 is 5.97 Å². The van der Waals surface area contributed by atoms with Gasteiger partial charge in [0.25, 0.3) is 0 Å². The largest absolute Gasteiger partial charge is 0.463 e. The third-order valence-corrected chi connectivity index (χ3v) is 4.09. The van der Waals surface area contributed by atoms with Gasteiger partial charge < -0.3 is 9.84 Å². The lowest BCUT2D eigenvalue weighted by molar-refractivity contribution is -0.137. The van der Waals surface area contributed by atoms with E-state index in [9.17, 15) is 9.90 Å². The monoisotopic (exact) mass is 294 g/mol. The second kappa shape index (κ2) is 9.78. The zero-order valence-electron chi connectivity index (χ0n) is 13.6. The fourth-order valence-corrected chi connectivity index (χ4v) is 2.83. The van der Waals surface area contributed by atoms with Gasteiger partial charge in [-0.15, -0.1) is 0 Å².